The molecule has 6 nitrogen and oxygen atoms in total. The SMILES string of the molecule is CN=C(NCCCc1nc(C(C)C)no1)N1CCC(C)(C)C1.I. The van der Waals surface area contributed by atoms with E-state index in [1.165, 1.54) is 6.42 Å². The van der Waals surface area contributed by atoms with E-state index in [0.29, 0.717) is 11.3 Å². The number of hydrogen-bond donors (Lipinski definition) is 1. The first-order valence-electron chi connectivity index (χ1n) is 8.19. The van der Waals surface area contributed by atoms with Crippen LogP contribution in [-0.4, -0.2) is 47.7 Å². The maximum absolute atomic E-state index is 5.26. The highest BCUT2D eigenvalue weighted by atomic mass is 127. The molecule has 1 saturated heterocycles. The van der Waals surface area contributed by atoms with Gasteiger partial charge in [0.15, 0.2) is 11.8 Å². The molecule has 1 aliphatic rings. The molecule has 132 valence electrons. The van der Waals surface area contributed by atoms with Crippen molar-refractivity contribution in [2.45, 2.75) is 52.9 Å². The molecule has 23 heavy (non-hydrogen) atoms. The molecule has 1 aliphatic heterocycles. The van der Waals surface area contributed by atoms with Gasteiger partial charge in [0.1, 0.15) is 0 Å². The Balaban J connectivity index is 0.00000264. The minimum absolute atomic E-state index is 0. The number of hydrogen-bond acceptors (Lipinski definition) is 4. The van der Waals surface area contributed by atoms with Gasteiger partial charge in [0.25, 0.3) is 0 Å². The summed E-state index contributed by atoms with van der Waals surface area (Å²) < 4.78 is 5.26. The number of rotatable bonds is 5. The molecule has 0 saturated carbocycles. The molecule has 0 aromatic carbocycles. The number of nitrogens with zero attached hydrogens (tertiary/aromatic N) is 4. The molecule has 0 unspecified atom stereocenters. The Bertz CT molecular complexity index is 512. The summed E-state index contributed by atoms with van der Waals surface area (Å²) in [6.07, 6.45) is 2.97. The highest BCUT2D eigenvalue weighted by Crippen LogP contribution is 2.28. The molecule has 1 N–H and O–H groups in total. The number of halogens is 1. The number of nitrogens with one attached hydrogen (secondary N) is 1. The Morgan fingerprint density at radius 2 is 2.17 bits per heavy atom. The molecule has 0 atom stereocenters. The van der Waals surface area contributed by atoms with Gasteiger partial charge in [0.2, 0.25) is 5.89 Å². The van der Waals surface area contributed by atoms with Crippen molar-refractivity contribution in [2.75, 3.05) is 26.7 Å². The smallest absolute Gasteiger partial charge is 0.226 e. The van der Waals surface area contributed by atoms with E-state index < -0.39 is 0 Å². The average molecular weight is 435 g/mol. The molecule has 1 fully saturated rings. The van der Waals surface area contributed by atoms with Crippen molar-refractivity contribution in [2.24, 2.45) is 10.4 Å². The van der Waals surface area contributed by atoms with Gasteiger partial charge in [-0.05, 0) is 18.3 Å². The second-order valence-electron chi connectivity index (χ2n) is 7.11. The Morgan fingerprint density at radius 3 is 2.70 bits per heavy atom. The minimum atomic E-state index is 0. The standard InChI is InChI=1S/C16H29N5O.HI/c1-12(2)14-19-13(22-20-14)7-6-9-18-15(17-5)21-10-8-16(3,4)11-21;/h12H,6-11H2,1-5H3,(H,17,18);1H. The van der Waals surface area contributed by atoms with Gasteiger partial charge < -0.3 is 14.7 Å². The van der Waals surface area contributed by atoms with Gasteiger partial charge in [-0.25, -0.2) is 0 Å². The lowest BCUT2D eigenvalue weighted by atomic mass is 9.93. The van der Waals surface area contributed by atoms with E-state index in [-0.39, 0.29) is 24.0 Å². The maximum atomic E-state index is 5.26. The Labute approximate surface area is 156 Å². The summed E-state index contributed by atoms with van der Waals surface area (Å²) in [5.41, 5.74) is 0.384. The largest absolute Gasteiger partial charge is 0.356 e. The van der Waals surface area contributed by atoms with Gasteiger partial charge in [-0.15, -0.1) is 24.0 Å². The summed E-state index contributed by atoms with van der Waals surface area (Å²) in [6.45, 7) is 11.8. The Morgan fingerprint density at radius 1 is 1.43 bits per heavy atom. The second kappa shape index (κ2) is 8.84. The number of aliphatic imine (C=N–C) groups is 1. The fourth-order valence-corrected chi connectivity index (χ4v) is 2.67. The van der Waals surface area contributed by atoms with Crippen LogP contribution in [0.3, 0.4) is 0 Å². The van der Waals surface area contributed by atoms with Crippen molar-refractivity contribution < 1.29 is 4.52 Å². The predicted molar refractivity (Wildman–Crippen MR) is 103 cm³/mol. The lowest BCUT2D eigenvalue weighted by Crippen LogP contribution is -2.41. The Hall–Kier alpha value is -0.860. The third-order valence-electron chi connectivity index (χ3n) is 4.04. The zero-order valence-corrected chi connectivity index (χ0v) is 17.3. The van der Waals surface area contributed by atoms with E-state index in [2.05, 4.69) is 53.0 Å². The van der Waals surface area contributed by atoms with E-state index >= 15 is 0 Å². The van der Waals surface area contributed by atoms with Gasteiger partial charge in [-0.2, -0.15) is 4.98 Å². The van der Waals surface area contributed by atoms with Crippen molar-refractivity contribution >= 4 is 29.9 Å². The van der Waals surface area contributed by atoms with Gasteiger partial charge in [0, 0.05) is 39.0 Å². The molecule has 7 heteroatoms. The van der Waals surface area contributed by atoms with Crippen LogP contribution in [-0.2, 0) is 6.42 Å². The second-order valence-corrected chi connectivity index (χ2v) is 7.11. The van der Waals surface area contributed by atoms with E-state index in [1.807, 2.05) is 7.05 Å². The van der Waals surface area contributed by atoms with Crippen molar-refractivity contribution in [1.29, 1.82) is 0 Å². The first-order chi connectivity index (χ1) is 10.4. The Kier molecular flexibility index (Phi) is 7.76. The van der Waals surface area contributed by atoms with Crippen molar-refractivity contribution in [1.82, 2.24) is 20.4 Å². The highest BCUT2D eigenvalue weighted by molar-refractivity contribution is 14.0. The lowest BCUT2D eigenvalue weighted by Gasteiger charge is -2.23. The number of guanidine groups is 1. The van der Waals surface area contributed by atoms with Crippen molar-refractivity contribution in [3.05, 3.63) is 11.7 Å². The first-order valence-corrected chi connectivity index (χ1v) is 8.19. The molecule has 1 aromatic heterocycles. The molecular formula is C16H30IN5O. The van der Waals surface area contributed by atoms with Crippen molar-refractivity contribution in [3.63, 3.8) is 0 Å². The van der Waals surface area contributed by atoms with Crippen LogP contribution in [0.25, 0.3) is 0 Å². The molecule has 0 amide bonds. The summed E-state index contributed by atoms with van der Waals surface area (Å²) in [7, 11) is 1.85. The average Bonchev–Trinajstić information content (AvgIpc) is 3.05. The molecule has 2 heterocycles. The van der Waals surface area contributed by atoms with E-state index in [4.69, 9.17) is 4.52 Å². The van der Waals surface area contributed by atoms with Gasteiger partial charge in [0.05, 0.1) is 0 Å². The fraction of sp³-hybridized carbons (Fsp3) is 0.812. The molecular weight excluding hydrogens is 405 g/mol. The molecule has 1 aromatic rings. The van der Waals surface area contributed by atoms with Gasteiger partial charge in [-0.3, -0.25) is 4.99 Å². The highest BCUT2D eigenvalue weighted by Gasteiger charge is 2.30. The minimum Gasteiger partial charge on any atom is -0.356 e. The first kappa shape index (κ1) is 20.2. The lowest BCUT2D eigenvalue weighted by molar-refractivity contribution is 0.365. The van der Waals surface area contributed by atoms with Crippen LogP contribution in [0.15, 0.2) is 9.52 Å². The molecule has 0 aliphatic carbocycles. The van der Waals surface area contributed by atoms with Crippen LogP contribution in [0.5, 0.6) is 0 Å². The van der Waals surface area contributed by atoms with Crippen LogP contribution in [0, 0.1) is 5.41 Å². The van der Waals surface area contributed by atoms with E-state index in [9.17, 15) is 0 Å². The summed E-state index contributed by atoms with van der Waals surface area (Å²) in [6, 6.07) is 0. The summed E-state index contributed by atoms with van der Waals surface area (Å²) in [5, 5.41) is 7.42. The normalized spacial score (nSPS) is 17.5. The van der Waals surface area contributed by atoms with Gasteiger partial charge >= 0.3 is 0 Å². The number of aryl methyl sites for hydroxylation is 1. The zero-order valence-electron chi connectivity index (χ0n) is 14.9. The van der Waals surface area contributed by atoms with Crippen LogP contribution in [0.1, 0.15) is 58.2 Å². The summed E-state index contributed by atoms with van der Waals surface area (Å²) >= 11 is 0. The third-order valence-corrected chi connectivity index (χ3v) is 4.04. The van der Waals surface area contributed by atoms with E-state index in [0.717, 1.165) is 50.2 Å². The number of aromatic nitrogens is 2. The summed E-state index contributed by atoms with van der Waals surface area (Å²) in [4.78, 5) is 11.1. The molecule has 0 spiro atoms. The molecule has 0 radical (unpaired) electrons. The van der Waals surface area contributed by atoms with Crippen LogP contribution in [0.4, 0.5) is 0 Å². The third kappa shape index (κ3) is 5.93. The van der Waals surface area contributed by atoms with Crippen LogP contribution in [0.2, 0.25) is 0 Å². The van der Waals surface area contributed by atoms with Crippen LogP contribution < -0.4 is 5.32 Å². The topological polar surface area (TPSA) is 66.5 Å². The van der Waals surface area contributed by atoms with E-state index in [1.54, 1.807) is 0 Å². The molecule has 0 bridgehead atoms. The zero-order chi connectivity index (χ0) is 16.2. The summed E-state index contributed by atoms with van der Waals surface area (Å²) in [5.74, 6) is 2.83. The number of likely N-dealkylation sites (tertiary alicyclic amines) is 1. The van der Waals surface area contributed by atoms with Crippen LogP contribution >= 0.6 is 24.0 Å². The monoisotopic (exact) mass is 435 g/mol. The van der Waals surface area contributed by atoms with Gasteiger partial charge in [-0.1, -0.05) is 32.9 Å². The van der Waals surface area contributed by atoms with Crippen molar-refractivity contribution in [3.8, 4) is 0 Å². The quantitative estimate of drug-likeness (QED) is 0.333. The molecule has 2 rings (SSSR count). The maximum Gasteiger partial charge on any atom is 0.226 e. The predicted octanol–water partition coefficient (Wildman–Crippen LogP) is 3.05. The fourth-order valence-electron chi connectivity index (χ4n) is 2.67.